The molecule has 1 unspecified atom stereocenters. The van der Waals surface area contributed by atoms with E-state index in [-0.39, 0.29) is 6.61 Å². The third-order valence-electron chi connectivity index (χ3n) is 2.93. The zero-order valence-corrected chi connectivity index (χ0v) is 11.0. The highest BCUT2D eigenvalue weighted by Crippen LogP contribution is 2.16. The first-order valence-corrected chi connectivity index (χ1v) is 6.33. The van der Waals surface area contributed by atoms with E-state index in [1.54, 1.807) is 7.11 Å². The molecule has 0 heterocycles. The standard InChI is InChI=1S/C14H23NO3/c1-18-12-10-15(9-11-16)8-7-14(17)13-5-3-2-4-6-13/h2-6,14,16-17H,7-12H2,1H3. The summed E-state index contributed by atoms with van der Waals surface area (Å²) in [6.07, 6.45) is 0.211. The van der Waals surface area contributed by atoms with Crippen molar-refractivity contribution in [3.8, 4) is 0 Å². The molecular formula is C14H23NO3. The van der Waals surface area contributed by atoms with Crippen LogP contribution in [0.15, 0.2) is 30.3 Å². The Hall–Kier alpha value is -0.940. The molecule has 1 atom stereocenters. The molecule has 1 aromatic rings. The first kappa shape index (κ1) is 15.1. The summed E-state index contributed by atoms with van der Waals surface area (Å²) in [5, 5.41) is 19.0. The molecule has 0 aliphatic heterocycles. The van der Waals surface area contributed by atoms with Gasteiger partial charge in [-0.1, -0.05) is 30.3 Å². The molecule has 0 aliphatic rings. The highest BCUT2D eigenvalue weighted by atomic mass is 16.5. The van der Waals surface area contributed by atoms with Crippen molar-refractivity contribution in [1.82, 2.24) is 4.90 Å². The average molecular weight is 253 g/mol. The fraction of sp³-hybridized carbons (Fsp3) is 0.571. The summed E-state index contributed by atoms with van der Waals surface area (Å²) in [7, 11) is 1.66. The van der Waals surface area contributed by atoms with Crippen molar-refractivity contribution in [2.24, 2.45) is 0 Å². The van der Waals surface area contributed by atoms with Gasteiger partial charge in [0.25, 0.3) is 0 Å². The monoisotopic (exact) mass is 253 g/mol. The highest BCUT2D eigenvalue weighted by molar-refractivity contribution is 5.17. The molecule has 0 bridgehead atoms. The van der Waals surface area contributed by atoms with Gasteiger partial charge in [-0.2, -0.15) is 0 Å². The number of hydrogen-bond donors (Lipinski definition) is 2. The van der Waals surface area contributed by atoms with Crippen LogP contribution in [-0.2, 0) is 4.74 Å². The van der Waals surface area contributed by atoms with E-state index in [1.165, 1.54) is 0 Å². The lowest BCUT2D eigenvalue weighted by molar-refractivity contribution is 0.105. The van der Waals surface area contributed by atoms with Crippen LogP contribution in [0, 0.1) is 0 Å². The van der Waals surface area contributed by atoms with E-state index in [2.05, 4.69) is 4.90 Å². The molecule has 1 rings (SSSR count). The van der Waals surface area contributed by atoms with Crippen molar-refractivity contribution < 1.29 is 14.9 Å². The lowest BCUT2D eigenvalue weighted by Gasteiger charge is -2.22. The average Bonchev–Trinajstić information content (AvgIpc) is 2.42. The van der Waals surface area contributed by atoms with Crippen molar-refractivity contribution in [1.29, 1.82) is 0 Å². The lowest BCUT2D eigenvalue weighted by Crippen LogP contribution is -2.32. The number of rotatable bonds is 9. The summed E-state index contributed by atoms with van der Waals surface area (Å²) >= 11 is 0. The fourth-order valence-corrected chi connectivity index (χ4v) is 1.84. The molecule has 4 heteroatoms. The van der Waals surface area contributed by atoms with Crippen molar-refractivity contribution >= 4 is 0 Å². The Bertz CT molecular complexity index is 305. The molecule has 0 saturated carbocycles. The van der Waals surface area contributed by atoms with Crippen LogP contribution in [0.1, 0.15) is 18.1 Å². The Balaban J connectivity index is 2.36. The molecule has 4 nitrogen and oxygen atoms in total. The Labute approximate surface area is 109 Å². The second-order valence-corrected chi connectivity index (χ2v) is 4.27. The van der Waals surface area contributed by atoms with E-state index < -0.39 is 6.10 Å². The van der Waals surface area contributed by atoms with Gasteiger partial charge in [-0.25, -0.2) is 0 Å². The van der Waals surface area contributed by atoms with Gasteiger partial charge in [-0.05, 0) is 12.0 Å². The largest absolute Gasteiger partial charge is 0.395 e. The number of benzene rings is 1. The number of nitrogens with zero attached hydrogens (tertiary/aromatic N) is 1. The topological polar surface area (TPSA) is 52.9 Å². The molecule has 0 radical (unpaired) electrons. The van der Waals surface area contributed by atoms with Gasteiger partial charge in [-0.15, -0.1) is 0 Å². The van der Waals surface area contributed by atoms with Crippen LogP contribution in [0.3, 0.4) is 0 Å². The normalized spacial score (nSPS) is 12.9. The molecule has 0 aliphatic carbocycles. The minimum atomic E-state index is -0.449. The predicted molar refractivity (Wildman–Crippen MR) is 71.4 cm³/mol. The first-order chi connectivity index (χ1) is 8.77. The SMILES string of the molecule is COCCN(CCO)CCC(O)c1ccccc1. The van der Waals surface area contributed by atoms with Crippen LogP contribution in [0.5, 0.6) is 0 Å². The van der Waals surface area contributed by atoms with E-state index >= 15 is 0 Å². The van der Waals surface area contributed by atoms with Crippen molar-refractivity contribution in [3.63, 3.8) is 0 Å². The summed E-state index contributed by atoms with van der Waals surface area (Å²) in [4.78, 5) is 2.09. The van der Waals surface area contributed by atoms with E-state index in [0.717, 1.165) is 18.7 Å². The van der Waals surface area contributed by atoms with Crippen LogP contribution in [0.2, 0.25) is 0 Å². The fourth-order valence-electron chi connectivity index (χ4n) is 1.84. The number of methoxy groups -OCH3 is 1. The molecule has 18 heavy (non-hydrogen) atoms. The lowest BCUT2D eigenvalue weighted by atomic mass is 10.1. The van der Waals surface area contributed by atoms with Gasteiger partial charge >= 0.3 is 0 Å². The molecule has 2 N–H and O–H groups in total. The van der Waals surface area contributed by atoms with Crippen molar-refractivity contribution in [2.45, 2.75) is 12.5 Å². The van der Waals surface area contributed by atoms with Crippen LogP contribution < -0.4 is 0 Å². The van der Waals surface area contributed by atoms with Crippen LogP contribution in [0.4, 0.5) is 0 Å². The van der Waals surface area contributed by atoms with Gasteiger partial charge in [0.15, 0.2) is 0 Å². The maximum atomic E-state index is 10.0. The predicted octanol–water partition coefficient (Wildman–Crippen LogP) is 1.05. The Morgan fingerprint density at radius 1 is 1.17 bits per heavy atom. The van der Waals surface area contributed by atoms with E-state index in [9.17, 15) is 5.11 Å². The quantitative estimate of drug-likeness (QED) is 0.691. The minimum Gasteiger partial charge on any atom is -0.395 e. The van der Waals surface area contributed by atoms with E-state index in [4.69, 9.17) is 9.84 Å². The second kappa shape index (κ2) is 9.05. The molecule has 0 spiro atoms. The number of aliphatic hydroxyl groups excluding tert-OH is 2. The molecule has 0 amide bonds. The number of aliphatic hydroxyl groups is 2. The molecule has 0 aromatic heterocycles. The third kappa shape index (κ3) is 5.60. The van der Waals surface area contributed by atoms with E-state index in [0.29, 0.717) is 19.6 Å². The van der Waals surface area contributed by atoms with Crippen LogP contribution in [-0.4, -0.2) is 55.1 Å². The Morgan fingerprint density at radius 3 is 2.50 bits per heavy atom. The highest BCUT2D eigenvalue weighted by Gasteiger charge is 2.10. The zero-order valence-electron chi connectivity index (χ0n) is 11.0. The Kier molecular flexibility index (Phi) is 7.60. The molecule has 0 fully saturated rings. The van der Waals surface area contributed by atoms with Gasteiger partial charge in [-0.3, -0.25) is 4.90 Å². The van der Waals surface area contributed by atoms with Crippen molar-refractivity contribution in [3.05, 3.63) is 35.9 Å². The molecule has 102 valence electrons. The molecular weight excluding hydrogens is 230 g/mol. The minimum absolute atomic E-state index is 0.130. The second-order valence-electron chi connectivity index (χ2n) is 4.27. The summed E-state index contributed by atoms with van der Waals surface area (Å²) in [6.45, 7) is 2.91. The summed E-state index contributed by atoms with van der Waals surface area (Å²) in [5.41, 5.74) is 0.938. The van der Waals surface area contributed by atoms with Crippen LogP contribution >= 0.6 is 0 Å². The van der Waals surface area contributed by atoms with Gasteiger partial charge in [0.05, 0.1) is 19.3 Å². The number of hydrogen-bond acceptors (Lipinski definition) is 4. The Morgan fingerprint density at radius 2 is 1.89 bits per heavy atom. The molecule has 0 saturated heterocycles. The maximum Gasteiger partial charge on any atom is 0.0802 e. The molecule has 1 aromatic carbocycles. The maximum absolute atomic E-state index is 10.0. The van der Waals surface area contributed by atoms with Gasteiger partial charge in [0.2, 0.25) is 0 Å². The van der Waals surface area contributed by atoms with Crippen molar-refractivity contribution in [2.75, 3.05) is 40.0 Å². The summed E-state index contributed by atoms with van der Waals surface area (Å²) in [5.74, 6) is 0. The summed E-state index contributed by atoms with van der Waals surface area (Å²) < 4.78 is 5.02. The zero-order chi connectivity index (χ0) is 13.2. The number of ether oxygens (including phenoxy) is 1. The van der Waals surface area contributed by atoms with Crippen LogP contribution in [0.25, 0.3) is 0 Å². The first-order valence-electron chi connectivity index (χ1n) is 6.33. The van der Waals surface area contributed by atoms with Gasteiger partial charge < -0.3 is 14.9 Å². The summed E-state index contributed by atoms with van der Waals surface area (Å²) in [6, 6.07) is 9.64. The van der Waals surface area contributed by atoms with Gasteiger partial charge in [0.1, 0.15) is 0 Å². The van der Waals surface area contributed by atoms with Gasteiger partial charge in [0, 0.05) is 26.7 Å². The third-order valence-corrected chi connectivity index (χ3v) is 2.93. The smallest absolute Gasteiger partial charge is 0.0802 e. The van der Waals surface area contributed by atoms with E-state index in [1.807, 2.05) is 30.3 Å².